The van der Waals surface area contributed by atoms with Gasteiger partial charge < -0.3 is 5.73 Å². The smallest absolute Gasteiger partial charge is 0.140 e. The molecule has 1 rings (SSSR count). The molecule has 3 nitrogen and oxygen atoms in total. The van der Waals surface area contributed by atoms with Crippen molar-refractivity contribution in [3.63, 3.8) is 0 Å². The summed E-state index contributed by atoms with van der Waals surface area (Å²) in [6.07, 6.45) is 5.31. The lowest BCUT2D eigenvalue weighted by Crippen LogP contribution is -2.01. The van der Waals surface area contributed by atoms with Crippen molar-refractivity contribution >= 4 is 0 Å². The summed E-state index contributed by atoms with van der Waals surface area (Å²) in [5.41, 5.74) is 8.07. The number of nitriles is 1. The van der Waals surface area contributed by atoms with E-state index in [9.17, 15) is 0 Å². The van der Waals surface area contributed by atoms with E-state index < -0.39 is 0 Å². The molecule has 14 heavy (non-hydrogen) atoms. The molecule has 0 aliphatic rings. The van der Waals surface area contributed by atoms with Gasteiger partial charge in [0.2, 0.25) is 0 Å². The van der Waals surface area contributed by atoms with E-state index in [2.05, 4.69) is 4.98 Å². The molecule has 0 unspecified atom stereocenters. The Morgan fingerprint density at radius 3 is 2.93 bits per heavy atom. The van der Waals surface area contributed by atoms with Crippen LogP contribution in [0.25, 0.3) is 0 Å². The Kier molecular flexibility index (Phi) is 3.69. The summed E-state index contributed by atoms with van der Waals surface area (Å²) in [6, 6.07) is 5.56. The third kappa shape index (κ3) is 2.91. The van der Waals surface area contributed by atoms with Gasteiger partial charge in [-0.15, -0.1) is 0 Å². The molecule has 0 saturated carbocycles. The first kappa shape index (κ1) is 10.3. The Hall–Kier alpha value is -1.82. The zero-order valence-electron chi connectivity index (χ0n) is 8.20. The van der Waals surface area contributed by atoms with E-state index in [0.717, 1.165) is 17.7 Å². The second kappa shape index (κ2) is 5.03. The summed E-state index contributed by atoms with van der Waals surface area (Å²) in [5.74, 6) is 0. The van der Waals surface area contributed by atoms with Crippen LogP contribution in [0.3, 0.4) is 0 Å². The molecule has 72 valence electrons. The lowest BCUT2D eigenvalue weighted by atomic mass is 10.1. The fraction of sp³-hybridized carbons (Fsp3) is 0.273. The van der Waals surface area contributed by atoms with Crippen LogP contribution in [0.5, 0.6) is 0 Å². The number of rotatable bonds is 3. The molecule has 0 aliphatic carbocycles. The van der Waals surface area contributed by atoms with Gasteiger partial charge in [-0.2, -0.15) is 5.26 Å². The zero-order valence-corrected chi connectivity index (χ0v) is 8.20. The van der Waals surface area contributed by atoms with E-state index in [0.29, 0.717) is 12.1 Å². The second-order valence-corrected chi connectivity index (χ2v) is 3.03. The van der Waals surface area contributed by atoms with Crippen LogP contribution in [-0.4, -0.2) is 4.98 Å². The minimum absolute atomic E-state index is 0.437. The van der Waals surface area contributed by atoms with Crippen molar-refractivity contribution in [3.05, 3.63) is 41.4 Å². The maximum absolute atomic E-state index is 8.55. The topological polar surface area (TPSA) is 62.7 Å². The predicted octanol–water partition coefficient (Wildman–Crippen LogP) is 1.75. The molecule has 0 bridgehead atoms. The van der Waals surface area contributed by atoms with E-state index in [1.54, 1.807) is 12.3 Å². The molecule has 0 atom stereocenters. The molecule has 0 radical (unpaired) electrons. The van der Waals surface area contributed by atoms with Gasteiger partial charge in [0.1, 0.15) is 11.8 Å². The number of nitrogens with zero attached hydrogens (tertiary/aromatic N) is 2. The molecule has 0 saturated heterocycles. The highest BCUT2D eigenvalue weighted by molar-refractivity contribution is 5.25. The Morgan fingerprint density at radius 1 is 1.64 bits per heavy atom. The lowest BCUT2D eigenvalue weighted by Gasteiger charge is -2.00. The van der Waals surface area contributed by atoms with Crippen molar-refractivity contribution in [2.24, 2.45) is 5.73 Å². The van der Waals surface area contributed by atoms with Crippen LogP contribution >= 0.6 is 0 Å². The number of allylic oxidation sites excluding steroid dienone is 2. The van der Waals surface area contributed by atoms with E-state index in [-0.39, 0.29) is 0 Å². The van der Waals surface area contributed by atoms with Crippen molar-refractivity contribution < 1.29 is 0 Å². The predicted molar refractivity (Wildman–Crippen MR) is 55.2 cm³/mol. The largest absolute Gasteiger partial charge is 0.402 e. The maximum Gasteiger partial charge on any atom is 0.140 e. The SMILES string of the molecule is CC/C=C(\N)Cc1ccc(C#N)nc1. The molecule has 0 aromatic carbocycles. The van der Waals surface area contributed by atoms with Gasteiger partial charge in [-0.05, 0) is 18.1 Å². The number of hydrogen-bond donors (Lipinski definition) is 1. The summed E-state index contributed by atoms with van der Waals surface area (Å²) < 4.78 is 0. The Labute approximate surface area is 83.9 Å². The van der Waals surface area contributed by atoms with Crippen LogP contribution in [0.1, 0.15) is 24.6 Å². The number of hydrogen-bond acceptors (Lipinski definition) is 3. The van der Waals surface area contributed by atoms with E-state index in [1.807, 2.05) is 25.1 Å². The van der Waals surface area contributed by atoms with Crippen LogP contribution in [0.4, 0.5) is 0 Å². The summed E-state index contributed by atoms with van der Waals surface area (Å²) in [5, 5.41) is 8.55. The highest BCUT2D eigenvalue weighted by Crippen LogP contribution is 2.04. The first-order chi connectivity index (χ1) is 6.76. The van der Waals surface area contributed by atoms with Crippen molar-refractivity contribution in [1.29, 1.82) is 5.26 Å². The van der Waals surface area contributed by atoms with Gasteiger partial charge >= 0.3 is 0 Å². The quantitative estimate of drug-likeness (QED) is 0.784. The van der Waals surface area contributed by atoms with Gasteiger partial charge in [0, 0.05) is 18.3 Å². The molecule has 0 spiro atoms. The Morgan fingerprint density at radius 2 is 2.43 bits per heavy atom. The van der Waals surface area contributed by atoms with Gasteiger partial charge in [-0.1, -0.05) is 19.1 Å². The summed E-state index contributed by atoms with van der Waals surface area (Å²) in [4.78, 5) is 3.97. The van der Waals surface area contributed by atoms with E-state index in [4.69, 9.17) is 11.0 Å². The number of aromatic nitrogens is 1. The fourth-order valence-corrected chi connectivity index (χ4v) is 1.17. The van der Waals surface area contributed by atoms with Gasteiger partial charge in [-0.25, -0.2) is 4.98 Å². The minimum Gasteiger partial charge on any atom is -0.402 e. The molecule has 0 fully saturated rings. The van der Waals surface area contributed by atoms with Crippen LogP contribution in [0.2, 0.25) is 0 Å². The first-order valence-corrected chi connectivity index (χ1v) is 4.55. The first-order valence-electron chi connectivity index (χ1n) is 4.55. The van der Waals surface area contributed by atoms with Gasteiger partial charge in [0.05, 0.1) is 0 Å². The molecule has 1 heterocycles. The molecular formula is C11H13N3. The number of nitrogens with two attached hydrogens (primary N) is 1. The molecule has 0 amide bonds. The highest BCUT2D eigenvalue weighted by atomic mass is 14.7. The number of pyridine rings is 1. The fourth-order valence-electron chi connectivity index (χ4n) is 1.17. The normalized spacial score (nSPS) is 11.0. The third-order valence-corrected chi connectivity index (χ3v) is 1.81. The van der Waals surface area contributed by atoms with Crippen LogP contribution in [0, 0.1) is 11.3 Å². The highest BCUT2D eigenvalue weighted by Gasteiger charge is 1.96. The summed E-state index contributed by atoms with van der Waals surface area (Å²) >= 11 is 0. The molecule has 1 aromatic rings. The maximum atomic E-state index is 8.55. The zero-order chi connectivity index (χ0) is 10.4. The standard InChI is InChI=1S/C11H13N3/c1-2-3-10(13)6-9-4-5-11(7-12)14-8-9/h3-5,8H,2,6,13H2,1H3/b10-3-. The molecule has 1 aromatic heterocycles. The lowest BCUT2D eigenvalue weighted by molar-refractivity contribution is 1.04. The molecule has 2 N–H and O–H groups in total. The van der Waals surface area contributed by atoms with Crippen molar-refractivity contribution in [2.75, 3.05) is 0 Å². The van der Waals surface area contributed by atoms with Crippen LogP contribution in [-0.2, 0) is 6.42 Å². The van der Waals surface area contributed by atoms with E-state index >= 15 is 0 Å². The average Bonchev–Trinajstić information content (AvgIpc) is 2.19. The Balaban J connectivity index is 2.70. The molecule has 0 aliphatic heterocycles. The van der Waals surface area contributed by atoms with Gasteiger partial charge in [-0.3, -0.25) is 0 Å². The Bertz CT molecular complexity index is 357. The van der Waals surface area contributed by atoms with Crippen LogP contribution < -0.4 is 5.73 Å². The molecular weight excluding hydrogens is 174 g/mol. The molecule has 3 heteroatoms. The van der Waals surface area contributed by atoms with Crippen molar-refractivity contribution in [1.82, 2.24) is 4.98 Å². The van der Waals surface area contributed by atoms with E-state index in [1.165, 1.54) is 0 Å². The average molecular weight is 187 g/mol. The second-order valence-electron chi connectivity index (χ2n) is 3.03. The third-order valence-electron chi connectivity index (χ3n) is 1.81. The van der Waals surface area contributed by atoms with Crippen molar-refractivity contribution in [3.8, 4) is 6.07 Å². The van der Waals surface area contributed by atoms with Gasteiger partial charge in [0.15, 0.2) is 0 Å². The monoisotopic (exact) mass is 187 g/mol. The van der Waals surface area contributed by atoms with Crippen LogP contribution in [0.15, 0.2) is 30.1 Å². The van der Waals surface area contributed by atoms with Gasteiger partial charge in [0.25, 0.3) is 0 Å². The van der Waals surface area contributed by atoms with Crippen molar-refractivity contribution in [2.45, 2.75) is 19.8 Å². The summed E-state index contributed by atoms with van der Waals surface area (Å²) in [6.45, 7) is 2.05. The minimum atomic E-state index is 0.437. The summed E-state index contributed by atoms with van der Waals surface area (Å²) in [7, 11) is 0.